The summed E-state index contributed by atoms with van der Waals surface area (Å²) in [5, 5.41) is 29.7. The summed E-state index contributed by atoms with van der Waals surface area (Å²) in [5.74, 6) is 0. The summed E-state index contributed by atoms with van der Waals surface area (Å²) in [6, 6.07) is 75.9. The summed E-state index contributed by atoms with van der Waals surface area (Å²) in [7, 11) is -17.5. The Bertz CT molecular complexity index is 6400. The van der Waals surface area contributed by atoms with Crippen LogP contribution in [0.1, 0.15) is 33.9 Å². The van der Waals surface area contributed by atoms with Gasteiger partial charge >= 0.3 is 0 Å². The molecule has 0 saturated carbocycles. The first-order valence-electron chi connectivity index (χ1n) is 35.0. The summed E-state index contributed by atoms with van der Waals surface area (Å²) in [6.45, 7) is 11.8. The van der Waals surface area contributed by atoms with Crippen molar-refractivity contribution < 1.29 is 42.1 Å². The molecular formula is C85H77Cl2N13O10S5. The van der Waals surface area contributed by atoms with E-state index in [1.54, 1.807) is 130 Å². The molecule has 7 aromatic heterocycles. The number of rotatable bonds is 15. The number of benzene rings is 8. The van der Waals surface area contributed by atoms with Gasteiger partial charge in [0.25, 0.3) is 0 Å². The number of halogens is 2. The van der Waals surface area contributed by atoms with Crippen LogP contribution in [0.25, 0.3) is 95.6 Å². The van der Waals surface area contributed by atoms with Gasteiger partial charge in [-0.25, -0.2) is 71.6 Å². The lowest BCUT2D eigenvalue weighted by Gasteiger charge is -2.10. The molecule has 0 spiro atoms. The molecule has 7 heterocycles. The van der Waals surface area contributed by atoms with Crippen molar-refractivity contribution in [2.45, 2.75) is 66.0 Å². The molecule has 8 aromatic carbocycles. The van der Waals surface area contributed by atoms with Gasteiger partial charge in [0, 0.05) is 87.6 Å². The van der Waals surface area contributed by atoms with Crippen LogP contribution in [-0.4, -0.2) is 104 Å². The van der Waals surface area contributed by atoms with E-state index in [-0.39, 0.29) is 24.5 Å². The molecule has 0 amide bonds. The Morgan fingerprint density at radius 2 is 0.609 bits per heavy atom. The number of nitrogens with zero attached hydrogens (tertiary/aromatic N) is 10. The Kier molecular flexibility index (Phi) is 26.1. The van der Waals surface area contributed by atoms with E-state index in [1.807, 2.05) is 175 Å². The van der Waals surface area contributed by atoms with Crippen LogP contribution < -0.4 is 15.4 Å². The Morgan fingerprint density at radius 1 is 0.296 bits per heavy atom. The third-order valence-electron chi connectivity index (χ3n) is 17.6. The lowest BCUT2D eigenvalue weighted by Crippen LogP contribution is -2.12. The first kappa shape index (κ1) is 84.1. The summed E-state index contributed by atoms with van der Waals surface area (Å²) in [6.07, 6.45) is 10.8. The molecule has 6 N–H and O–H groups in total. The molecule has 0 aliphatic heterocycles. The van der Waals surface area contributed by atoms with E-state index in [4.69, 9.17) is 38.6 Å². The fraction of sp³-hybridized carbons (Fsp3) is 0.0941. The van der Waals surface area contributed by atoms with Crippen LogP contribution in [0, 0.1) is 41.5 Å². The molecule has 0 unspecified atom stereocenters. The Balaban J connectivity index is 0.000000142. The number of sulfonamides is 3. The summed E-state index contributed by atoms with van der Waals surface area (Å²) >= 11 is 12.2. The minimum absolute atomic E-state index is 0.0836. The van der Waals surface area contributed by atoms with Crippen molar-refractivity contribution in [3.63, 3.8) is 0 Å². The monoisotopic (exact) mass is 1670 g/mol. The molecule has 15 rings (SSSR count). The fourth-order valence-corrected chi connectivity index (χ4v) is 14.8. The van der Waals surface area contributed by atoms with Crippen molar-refractivity contribution in [1.82, 2.24) is 49.3 Å². The van der Waals surface area contributed by atoms with E-state index < -0.39 is 49.7 Å². The number of hydrogen-bond donors (Lipinski definition) is 3. The quantitative estimate of drug-likeness (QED) is 0.0858. The largest absolute Gasteiger partial charge is 0.261 e. The predicted molar refractivity (Wildman–Crippen MR) is 452 cm³/mol. The third kappa shape index (κ3) is 22.0. The SMILES string of the molecule is Cc1cc(-c2ccccc2)n(-c2ccc(S(N)(=O)=O)cc2)n1.Cc1ccc(-c2cc(C)nn2-c2ccc(S(N)(=O)=O)cc2)cc1.Cc1ccc(-c2ccnn2-c2ccc(S(N)(=O)=O)cc2)cc1.Cc1ccc(-c2ncc(Cl)cc2-c2ccc(S(C)(=O)=O)cc2)cn1.Cc1ccc(-c2ncc(Cl)cc2-c2ccc(S(C)(=O)=O)cc2)cn1. The minimum Gasteiger partial charge on any atom is -0.261 e. The zero-order valence-corrected chi connectivity index (χ0v) is 68.8. The molecule has 0 aliphatic rings. The fourth-order valence-electron chi connectivity index (χ4n) is 11.7. The molecule has 23 nitrogen and oxygen atoms in total. The molecule has 0 atom stereocenters. The first-order chi connectivity index (χ1) is 54.4. The zero-order chi connectivity index (χ0) is 82.7. The van der Waals surface area contributed by atoms with Gasteiger partial charge in [0.2, 0.25) is 30.1 Å². The predicted octanol–water partition coefficient (Wildman–Crippen LogP) is 16.1. The molecule has 0 radical (unpaired) electrons. The molecule has 0 saturated heterocycles. The molecule has 586 valence electrons. The maximum atomic E-state index is 11.6. The molecule has 0 bridgehead atoms. The highest BCUT2D eigenvalue weighted by atomic mass is 35.5. The van der Waals surface area contributed by atoms with E-state index >= 15 is 0 Å². The lowest BCUT2D eigenvalue weighted by molar-refractivity contribution is 0.596. The second-order valence-electron chi connectivity index (χ2n) is 26.6. The van der Waals surface area contributed by atoms with Crippen molar-refractivity contribution in [1.29, 1.82) is 0 Å². The van der Waals surface area contributed by atoms with Crippen LogP contribution in [-0.2, 0) is 49.7 Å². The molecule has 15 aromatic rings. The van der Waals surface area contributed by atoms with Crippen LogP contribution >= 0.6 is 23.2 Å². The number of pyridine rings is 4. The van der Waals surface area contributed by atoms with Gasteiger partial charge in [-0.15, -0.1) is 0 Å². The van der Waals surface area contributed by atoms with Gasteiger partial charge in [-0.05, 0) is 204 Å². The molecule has 0 aliphatic carbocycles. The van der Waals surface area contributed by atoms with Crippen molar-refractivity contribution in [3.8, 4) is 95.6 Å². The van der Waals surface area contributed by atoms with Crippen molar-refractivity contribution >= 4 is 72.9 Å². The maximum Gasteiger partial charge on any atom is 0.238 e. The number of aromatic nitrogens is 10. The van der Waals surface area contributed by atoms with Gasteiger partial charge in [-0.2, -0.15) is 15.3 Å². The Hall–Kier alpha value is -11.8. The summed E-state index contributed by atoms with van der Waals surface area (Å²) in [5.41, 5.74) is 20.9. The minimum atomic E-state index is -3.69. The van der Waals surface area contributed by atoms with Crippen LogP contribution in [0.4, 0.5) is 0 Å². The highest BCUT2D eigenvalue weighted by Gasteiger charge is 2.19. The molecular weight excluding hydrogens is 1590 g/mol. The van der Waals surface area contributed by atoms with E-state index in [9.17, 15) is 42.1 Å². The van der Waals surface area contributed by atoms with Crippen molar-refractivity contribution in [2.75, 3.05) is 12.5 Å². The van der Waals surface area contributed by atoms with Gasteiger partial charge in [-0.1, -0.05) is 137 Å². The van der Waals surface area contributed by atoms with E-state index in [2.05, 4.69) is 35.2 Å². The van der Waals surface area contributed by atoms with Gasteiger partial charge < -0.3 is 0 Å². The second kappa shape index (κ2) is 35.7. The van der Waals surface area contributed by atoms with E-state index in [1.165, 1.54) is 60.0 Å². The maximum absolute atomic E-state index is 11.6. The van der Waals surface area contributed by atoms with Crippen LogP contribution in [0.5, 0.6) is 0 Å². The summed E-state index contributed by atoms with van der Waals surface area (Å²) in [4.78, 5) is 18.3. The lowest BCUT2D eigenvalue weighted by atomic mass is 10.0. The molecule has 30 heteroatoms. The second-order valence-corrected chi connectivity index (χ2v) is 36.2. The summed E-state index contributed by atoms with van der Waals surface area (Å²) < 4.78 is 120. The van der Waals surface area contributed by atoms with Gasteiger partial charge in [-0.3, -0.25) is 19.9 Å². The third-order valence-corrected chi connectivity index (χ3v) is 23.0. The number of sulfone groups is 2. The van der Waals surface area contributed by atoms with Gasteiger partial charge in [0.15, 0.2) is 19.7 Å². The molecule has 0 fully saturated rings. The molecule has 115 heavy (non-hydrogen) atoms. The number of aryl methyl sites for hydroxylation is 6. The Morgan fingerprint density at radius 3 is 0.939 bits per heavy atom. The normalized spacial score (nSPS) is 11.5. The van der Waals surface area contributed by atoms with Gasteiger partial charge in [0.1, 0.15) is 0 Å². The van der Waals surface area contributed by atoms with Gasteiger partial charge in [0.05, 0.1) is 97.6 Å². The highest BCUT2D eigenvalue weighted by molar-refractivity contribution is 7.91. The van der Waals surface area contributed by atoms with Crippen LogP contribution in [0.3, 0.4) is 0 Å². The van der Waals surface area contributed by atoms with E-state index in [0.29, 0.717) is 10.0 Å². The number of nitrogens with two attached hydrogens (primary N) is 3. The Labute approximate surface area is 678 Å². The average molecular weight is 1670 g/mol. The standard InChI is InChI=1S/2C18H15ClN2O2S.C17H17N3O2S.2C16H15N3O2S/c2*1-12-3-4-14(10-20-12)18-17(9-15(19)11-21-18)13-5-7-16(8-6-13)24(2,22)23;1-12-3-5-14(6-4-12)17-11-13(2)19-20(17)15-7-9-16(10-8-15)23(18,21)22;1-12-2-4-13(5-3-12)16-10-11-18-19(16)14-6-8-15(9-7-14)22(17,20)21;1-12-11-16(13-5-3-2-4-6-13)19(18-12)14-7-9-15(10-8-14)22(17,20)21/h2*3-11H,1-2H3;3-11H,1-2H3,(H2,18,21,22);2*2-11H,1H3,(H2,17,20,21). The first-order valence-corrected chi connectivity index (χ1v) is 44.2. The highest BCUT2D eigenvalue weighted by Crippen LogP contribution is 2.36. The number of hydrogen-bond acceptors (Lipinski definition) is 17. The van der Waals surface area contributed by atoms with Crippen molar-refractivity contribution in [3.05, 3.63) is 330 Å². The van der Waals surface area contributed by atoms with Crippen LogP contribution in [0.2, 0.25) is 10.0 Å². The topological polar surface area (TPSA) is 354 Å². The smallest absolute Gasteiger partial charge is 0.238 e. The average Bonchev–Trinajstić information content (AvgIpc) is 1.77. The zero-order valence-electron chi connectivity index (χ0n) is 63.2. The van der Waals surface area contributed by atoms with E-state index in [0.717, 1.165) is 118 Å². The van der Waals surface area contributed by atoms with Crippen molar-refractivity contribution in [2.24, 2.45) is 15.4 Å². The van der Waals surface area contributed by atoms with Crippen LogP contribution in [0.15, 0.2) is 310 Å². The number of primary sulfonamides is 3.